The van der Waals surface area contributed by atoms with Crippen molar-refractivity contribution in [3.63, 3.8) is 0 Å². The number of benzene rings is 1. The van der Waals surface area contributed by atoms with Gasteiger partial charge in [0, 0.05) is 47.9 Å². The Hall–Kier alpha value is -2.33. The van der Waals surface area contributed by atoms with Gasteiger partial charge in [-0.1, -0.05) is 43.9 Å². The molecule has 0 atom stereocenters. The second-order valence-electron chi connectivity index (χ2n) is 8.35. The topological polar surface area (TPSA) is 49.8 Å². The van der Waals surface area contributed by atoms with E-state index in [1.807, 2.05) is 24.5 Å². The summed E-state index contributed by atoms with van der Waals surface area (Å²) in [7, 11) is 0. The zero-order chi connectivity index (χ0) is 20.4. The molecule has 166 valence electrons. The Labute approximate surface area is 192 Å². The van der Waals surface area contributed by atoms with Crippen molar-refractivity contribution in [2.45, 2.75) is 64.2 Å². The highest BCUT2D eigenvalue weighted by atomic mass is 35.5. The third-order valence-electron chi connectivity index (χ3n) is 6.08. The SMILES string of the molecule is Cl.c1ccc2c(NCCCCCCCCNc3ccncc3)c3c(nc2c1)CCCC3. The van der Waals surface area contributed by atoms with Gasteiger partial charge >= 0.3 is 0 Å². The fraction of sp³-hybridized carbons (Fsp3) is 0.462. The van der Waals surface area contributed by atoms with Crippen LogP contribution >= 0.6 is 12.4 Å². The van der Waals surface area contributed by atoms with E-state index in [1.54, 1.807) is 0 Å². The number of halogens is 1. The summed E-state index contributed by atoms with van der Waals surface area (Å²) in [5.41, 5.74) is 6.46. The molecule has 0 saturated carbocycles. The van der Waals surface area contributed by atoms with Gasteiger partial charge in [0.15, 0.2) is 0 Å². The molecular weight excluding hydrogens is 404 g/mol. The molecule has 0 radical (unpaired) electrons. The monoisotopic (exact) mass is 438 g/mol. The summed E-state index contributed by atoms with van der Waals surface area (Å²) in [4.78, 5) is 8.99. The minimum atomic E-state index is 0. The van der Waals surface area contributed by atoms with Crippen LogP contribution in [0.15, 0.2) is 48.8 Å². The second kappa shape index (κ2) is 12.5. The number of hydrogen-bond acceptors (Lipinski definition) is 4. The Morgan fingerprint density at radius 2 is 1.42 bits per heavy atom. The highest BCUT2D eigenvalue weighted by Crippen LogP contribution is 2.33. The highest BCUT2D eigenvalue weighted by molar-refractivity contribution is 5.93. The molecule has 4 nitrogen and oxygen atoms in total. The van der Waals surface area contributed by atoms with E-state index in [9.17, 15) is 0 Å². The van der Waals surface area contributed by atoms with Gasteiger partial charge in [0.1, 0.15) is 0 Å². The van der Waals surface area contributed by atoms with Gasteiger partial charge in [0.2, 0.25) is 0 Å². The molecule has 31 heavy (non-hydrogen) atoms. The molecule has 0 unspecified atom stereocenters. The zero-order valence-corrected chi connectivity index (χ0v) is 19.2. The third kappa shape index (κ3) is 6.57. The third-order valence-corrected chi connectivity index (χ3v) is 6.08. The van der Waals surface area contributed by atoms with Crippen LogP contribution in [0.3, 0.4) is 0 Å². The van der Waals surface area contributed by atoms with Gasteiger partial charge in [-0.05, 0) is 62.3 Å². The Kier molecular flexibility index (Phi) is 9.41. The normalized spacial score (nSPS) is 12.8. The zero-order valence-electron chi connectivity index (χ0n) is 18.4. The fourth-order valence-electron chi connectivity index (χ4n) is 4.45. The Balaban J connectivity index is 0.00000272. The van der Waals surface area contributed by atoms with Crippen LogP contribution in [0, 0.1) is 0 Å². The summed E-state index contributed by atoms with van der Waals surface area (Å²) < 4.78 is 0. The number of aryl methyl sites for hydroxylation is 1. The van der Waals surface area contributed by atoms with E-state index >= 15 is 0 Å². The summed E-state index contributed by atoms with van der Waals surface area (Å²) in [6.45, 7) is 2.11. The molecule has 2 heterocycles. The molecule has 1 aliphatic rings. The van der Waals surface area contributed by atoms with Crippen molar-refractivity contribution in [1.82, 2.24) is 9.97 Å². The van der Waals surface area contributed by atoms with Crippen LogP contribution in [0.1, 0.15) is 62.6 Å². The van der Waals surface area contributed by atoms with E-state index in [4.69, 9.17) is 4.98 Å². The minimum absolute atomic E-state index is 0. The number of rotatable bonds is 11. The van der Waals surface area contributed by atoms with E-state index in [2.05, 4.69) is 39.9 Å². The predicted molar refractivity (Wildman–Crippen MR) is 135 cm³/mol. The van der Waals surface area contributed by atoms with Gasteiger partial charge in [0.05, 0.1) is 5.52 Å². The lowest BCUT2D eigenvalue weighted by Crippen LogP contribution is -2.12. The molecule has 0 saturated heterocycles. The van der Waals surface area contributed by atoms with Crippen molar-refractivity contribution >= 4 is 34.7 Å². The predicted octanol–water partition coefficient (Wildman–Crippen LogP) is 6.80. The first-order valence-electron chi connectivity index (χ1n) is 11.7. The van der Waals surface area contributed by atoms with Crippen LogP contribution < -0.4 is 10.6 Å². The van der Waals surface area contributed by atoms with Gasteiger partial charge in [0.25, 0.3) is 0 Å². The molecule has 2 aromatic heterocycles. The number of anilines is 2. The summed E-state index contributed by atoms with van der Waals surface area (Å²) in [5, 5.41) is 8.54. The molecule has 0 fully saturated rings. The van der Waals surface area contributed by atoms with Crippen LogP contribution in [0.4, 0.5) is 11.4 Å². The molecule has 0 spiro atoms. The molecule has 5 heteroatoms. The molecular formula is C26H35ClN4. The first-order valence-corrected chi connectivity index (χ1v) is 11.7. The summed E-state index contributed by atoms with van der Waals surface area (Å²) >= 11 is 0. The Bertz CT molecular complexity index is 929. The van der Waals surface area contributed by atoms with Crippen molar-refractivity contribution in [2.75, 3.05) is 23.7 Å². The van der Waals surface area contributed by atoms with Crippen LogP contribution in [-0.4, -0.2) is 23.1 Å². The van der Waals surface area contributed by atoms with Crippen LogP contribution in [0.2, 0.25) is 0 Å². The average Bonchev–Trinajstić information content (AvgIpc) is 2.80. The fourth-order valence-corrected chi connectivity index (χ4v) is 4.45. The van der Waals surface area contributed by atoms with E-state index in [1.165, 1.54) is 85.8 Å². The quantitative estimate of drug-likeness (QED) is 0.323. The van der Waals surface area contributed by atoms with Gasteiger partial charge in [-0.15, -0.1) is 12.4 Å². The molecule has 3 aromatic rings. The highest BCUT2D eigenvalue weighted by Gasteiger charge is 2.17. The Morgan fingerprint density at radius 1 is 0.742 bits per heavy atom. The number of fused-ring (bicyclic) bond motifs is 2. The van der Waals surface area contributed by atoms with Crippen LogP contribution in [0.25, 0.3) is 10.9 Å². The maximum Gasteiger partial charge on any atom is 0.0726 e. The van der Waals surface area contributed by atoms with Crippen molar-refractivity contribution in [3.05, 3.63) is 60.0 Å². The van der Waals surface area contributed by atoms with Crippen molar-refractivity contribution in [2.24, 2.45) is 0 Å². The van der Waals surface area contributed by atoms with Gasteiger partial charge in [-0.25, -0.2) is 0 Å². The van der Waals surface area contributed by atoms with Crippen LogP contribution in [0.5, 0.6) is 0 Å². The molecule has 0 bridgehead atoms. The maximum absolute atomic E-state index is 4.94. The number of aromatic nitrogens is 2. The molecule has 0 aliphatic heterocycles. The summed E-state index contributed by atoms with van der Waals surface area (Å²) in [6, 6.07) is 12.7. The number of hydrogen-bond donors (Lipinski definition) is 2. The molecule has 4 rings (SSSR count). The molecule has 2 N–H and O–H groups in total. The molecule has 1 aromatic carbocycles. The Morgan fingerprint density at radius 3 is 2.23 bits per heavy atom. The minimum Gasteiger partial charge on any atom is -0.385 e. The first kappa shape index (κ1) is 23.3. The lowest BCUT2D eigenvalue weighted by Gasteiger charge is -2.21. The van der Waals surface area contributed by atoms with Crippen molar-refractivity contribution < 1.29 is 0 Å². The largest absolute Gasteiger partial charge is 0.385 e. The van der Waals surface area contributed by atoms with Crippen molar-refractivity contribution in [3.8, 4) is 0 Å². The first-order chi connectivity index (χ1) is 14.9. The van der Waals surface area contributed by atoms with Gasteiger partial charge in [-0.3, -0.25) is 9.97 Å². The van der Waals surface area contributed by atoms with Gasteiger partial charge in [-0.2, -0.15) is 0 Å². The number of para-hydroxylation sites is 1. The molecule has 1 aliphatic carbocycles. The van der Waals surface area contributed by atoms with Gasteiger partial charge < -0.3 is 10.6 Å². The average molecular weight is 439 g/mol. The number of nitrogens with one attached hydrogen (secondary N) is 2. The molecule has 0 amide bonds. The number of pyridine rings is 2. The maximum atomic E-state index is 4.94. The van der Waals surface area contributed by atoms with E-state index in [-0.39, 0.29) is 12.4 Å². The smallest absolute Gasteiger partial charge is 0.0726 e. The summed E-state index contributed by atoms with van der Waals surface area (Å²) in [5.74, 6) is 0. The summed E-state index contributed by atoms with van der Waals surface area (Å²) in [6.07, 6.45) is 16.3. The van der Waals surface area contributed by atoms with Crippen molar-refractivity contribution in [1.29, 1.82) is 0 Å². The lowest BCUT2D eigenvalue weighted by molar-refractivity contribution is 0.610. The van der Waals surface area contributed by atoms with E-state index in [0.29, 0.717) is 0 Å². The standard InChI is InChI=1S/C26H34N4.ClH/c1(3-9-17-28-21-15-19-27-20-16-21)2-4-10-18-29-26-22-11-5-7-13-24(22)30-25-14-8-6-12-23(25)26;/h5,7,11,13,15-16,19-20H,1-4,6,8-10,12,14,17-18H2,(H,27,28)(H,29,30);1H. The van der Waals surface area contributed by atoms with E-state index < -0.39 is 0 Å². The number of unbranched alkanes of at least 4 members (excludes halogenated alkanes) is 5. The van der Waals surface area contributed by atoms with Crippen LogP contribution in [-0.2, 0) is 12.8 Å². The number of nitrogens with zero attached hydrogens (tertiary/aromatic N) is 2. The van der Waals surface area contributed by atoms with E-state index in [0.717, 1.165) is 25.0 Å². The lowest BCUT2D eigenvalue weighted by atomic mass is 9.92. The second-order valence-corrected chi connectivity index (χ2v) is 8.35.